The molecule has 3 nitrogen and oxygen atoms in total. The van der Waals surface area contributed by atoms with Crippen LogP contribution in [0.3, 0.4) is 0 Å². The van der Waals surface area contributed by atoms with Gasteiger partial charge >= 0.3 is 0 Å². The fraction of sp³-hybridized carbons (Fsp3) is 0.615. The van der Waals surface area contributed by atoms with E-state index in [4.69, 9.17) is 4.74 Å². The summed E-state index contributed by atoms with van der Waals surface area (Å²) in [5.74, 6) is 0.921. The molecule has 0 atom stereocenters. The molecule has 88 valence electrons. The molecule has 0 aromatic carbocycles. The maximum absolute atomic E-state index is 11.0. The van der Waals surface area contributed by atoms with E-state index >= 15 is 0 Å². The van der Waals surface area contributed by atoms with Crippen molar-refractivity contribution in [1.29, 1.82) is 0 Å². The summed E-state index contributed by atoms with van der Waals surface area (Å²) in [5.41, 5.74) is 3.10. The molecule has 0 radical (unpaired) electrons. The average Bonchev–Trinajstić information content (AvgIpc) is 2.74. The highest BCUT2D eigenvalue weighted by Crippen LogP contribution is 2.31. The molecule has 16 heavy (non-hydrogen) atoms. The van der Waals surface area contributed by atoms with E-state index in [2.05, 4.69) is 24.9 Å². The summed E-state index contributed by atoms with van der Waals surface area (Å²) in [5, 5.41) is 0. The van der Waals surface area contributed by atoms with Crippen molar-refractivity contribution in [3.8, 4) is 0 Å². The summed E-state index contributed by atoms with van der Waals surface area (Å²) >= 11 is 0. The van der Waals surface area contributed by atoms with Crippen molar-refractivity contribution in [2.24, 2.45) is 0 Å². The summed E-state index contributed by atoms with van der Waals surface area (Å²) in [6.07, 6.45) is 2.99. The number of hydrogen-bond donors (Lipinski definition) is 1. The maximum atomic E-state index is 11.0. The smallest absolute Gasteiger partial charge is 0.166 e. The molecule has 1 fully saturated rings. The van der Waals surface area contributed by atoms with Crippen LogP contribution in [0.25, 0.3) is 0 Å². The van der Waals surface area contributed by atoms with Crippen LogP contribution in [0.5, 0.6) is 0 Å². The van der Waals surface area contributed by atoms with Gasteiger partial charge in [0.05, 0.1) is 5.69 Å². The fourth-order valence-electron chi connectivity index (χ4n) is 2.26. The molecular weight excluding hydrogens is 202 g/mol. The molecule has 1 saturated heterocycles. The second-order valence-corrected chi connectivity index (χ2v) is 4.75. The lowest BCUT2D eigenvalue weighted by Gasteiger charge is -2.21. The Hall–Kier alpha value is -1.09. The van der Waals surface area contributed by atoms with Gasteiger partial charge in [0.1, 0.15) is 0 Å². The standard InChI is InChI=1S/C13H19NO2/c1-9(2)12-7-11(13(8-15)14-12)10-3-5-16-6-4-10/h7-10,14H,3-6H2,1-2H3. The molecule has 0 saturated carbocycles. The van der Waals surface area contributed by atoms with E-state index in [1.165, 1.54) is 5.56 Å². The van der Waals surface area contributed by atoms with Crippen molar-refractivity contribution >= 4 is 6.29 Å². The second kappa shape index (κ2) is 4.83. The lowest BCUT2D eigenvalue weighted by atomic mass is 9.91. The van der Waals surface area contributed by atoms with Crippen LogP contribution < -0.4 is 0 Å². The summed E-state index contributed by atoms with van der Waals surface area (Å²) < 4.78 is 5.35. The molecular formula is C13H19NO2. The Morgan fingerprint density at radius 1 is 1.44 bits per heavy atom. The number of carbonyl (C=O) groups excluding carboxylic acids is 1. The molecule has 3 heteroatoms. The van der Waals surface area contributed by atoms with Crippen molar-refractivity contribution < 1.29 is 9.53 Å². The summed E-state index contributed by atoms with van der Waals surface area (Å²) in [4.78, 5) is 14.3. The first-order valence-electron chi connectivity index (χ1n) is 5.98. The van der Waals surface area contributed by atoms with Gasteiger partial charge in [0, 0.05) is 18.9 Å². The highest BCUT2D eigenvalue weighted by Gasteiger charge is 2.21. The number of rotatable bonds is 3. The predicted octanol–water partition coefficient (Wildman–Crippen LogP) is 2.84. The molecule has 2 heterocycles. The Bertz CT molecular complexity index is 362. The monoisotopic (exact) mass is 221 g/mol. The molecule has 2 rings (SSSR count). The van der Waals surface area contributed by atoms with Gasteiger partial charge in [-0.1, -0.05) is 13.8 Å². The van der Waals surface area contributed by atoms with Gasteiger partial charge in [-0.2, -0.15) is 0 Å². The van der Waals surface area contributed by atoms with Crippen molar-refractivity contribution in [3.63, 3.8) is 0 Å². The van der Waals surface area contributed by atoms with Crippen LogP contribution in [-0.4, -0.2) is 24.5 Å². The van der Waals surface area contributed by atoms with Gasteiger partial charge < -0.3 is 9.72 Å². The Balaban J connectivity index is 2.26. The zero-order chi connectivity index (χ0) is 11.5. The van der Waals surface area contributed by atoms with Crippen LogP contribution in [0.15, 0.2) is 6.07 Å². The lowest BCUT2D eigenvalue weighted by Crippen LogP contribution is -2.14. The summed E-state index contributed by atoms with van der Waals surface area (Å²) in [6.45, 7) is 5.89. The van der Waals surface area contributed by atoms with Crippen molar-refractivity contribution in [2.75, 3.05) is 13.2 Å². The minimum atomic E-state index is 0.437. The highest BCUT2D eigenvalue weighted by molar-refractivity contribution is 5.75. The third kappa shape index (κ3) is 2.19. The third-order valence-electron chi connectivity index (χ3n) is 3.30. The summed E-state index contributed by atoms with van der Waals surface area (Å²) in [7, 11) is 0. The minimum Gasteiger partial charge on any atom is -0.381 e. The van der Waals surface area contributed by atoms with E-state index in [1.54, 1.807) is 0 Å². The number of H-pyrrole nitrogens is 1. The van der Waals surface area contributed by atoms with Crippen molar-refractivity contribution in [3.05, 3.63) is 23.0 Å². The van der Waals surface area contributed by atoms with Crippen LogP contribution in [-0.2, 0) is 4.74 Å². The highest BCUT2D eigenvalue weighted by atomic mass is 16.5. The molecule has 1 aromatic heterocycles. The van der Waals surface area contributed by atoms with Crippen LogP contribution in [0.2, 0.25) is 0 Å². The summed E-state index contributed by atoms with van der Waals surface area (Å²) in [6, 6.07) is 2.16. The van der Waals surface area contributed by atoms with E-state index in [0.717, 1.165) is 43.7 Å². The SMILES string of the molecule is CC(C)c1cc(C2CCOCC2)c(C=O)[nH]1. The van der Waals surface area contributed by atoms with Crippen LogP contribution >= 0.6 is 0 Å². The van der Waals surface area contributed by atoms with Gasteiger partial charge in [-0.25, -0.2) is 0 Å². The topological polar surface area (TPSA) is 42.1 Å². The first kappa shape index (κ1) is 11.4. The number of aromatic nitrogens is 1. The Morgan fingerprint density at radius 2 is 2.12 bits per heavy atom. The van der Waals surface area contributed by atoms with Crippen molar-refractivity contribution in [2.45, 2.75) is 38.5 Å². The predicted molar refractivity (Wildman–Crippen MR) is 63.1 cm³/mol. The van der Waals surface area contributed by atoms with Gasteiger partial charge in [0.25, 0.3) is 0 Å². The van der Waals surface area contributed by atoms with Crippen molar-refractivity contribution in [1.82, 2.24) is 4.98 Å². The largest absolute Gasteiger partial charge is 0.381 e. The van der Waals surface area contributed by atoms with E-state index in [-0.39, 0.29) is 0 Å². The molecule has 0 aliphatic carbocycles. The molecule has 0 bridgehead atoms. The van der Waals surface area contributed by atoms with Crippen LogP contribution in [0.4, 0.5) is 0 Å². The zero-order valence-electron chi connectivity index (χ0n) is 9.95. The lowest BCUT2D eigenvalue weighted by molar-refractivity contribution is 0.0849. The third-order valence-corrected chi connectivity index (χ3v) is 3.30. The molecule has 0 amide bonds. The van der Waals surface area contributed by atoms with Gasteiger partial charge in [-0.3, -0.25) is 4.79 Å². The average molecular weight is 221 g/mol. The number of aromatic amines is 1. The van der Waals surface area contributed by atoms with E-state index in [1.807, 2.05) is 0 Å². The van der Waals surface area contributed by atoms with E-state index in [9.17, 15) is 4.79 Å². The van der Waals surface area contributed by atoms with E-state index < -0.39 is 0 Å². The fourth-order valence-corrected chi connectivity index (χ4v) is 2.26. The van der Waals surface area contributed by atoms with Gasteiger partial charge in [-0.15, -0.1) is 0 Å². The van der Waals surface area contributed by atoms with E-state index in [0.29, 0.717) is 11.8 Å². The Kier molecular flexibility index (Phi) is 3.44. The normalized spacial score (nSPS) is 17.9. The molecule has 1 aliphatic heterocycles. The molecule has 1 N–H and O–H groups in total. The van der Waals surface area contributed by atoms with Gasteiger partial charge in [0.15, 0.2) is 6.29 Å². The quantitative estimate of drug-likeness (QED) is 0.797. The molecule has 0 spiro atoms. The number of nitrogens with one attached hydrogen (secondary N) is 1. The number of ether oxygens (including phenoxy) is 1. The first-order chi connectivity index (χ1) is 7.72. The first-order valence-corrected chi connectivity index (χ1v) is 5.98. The molecule has 0 unspecified atom stereocenters. The van der Waals surface area contributed by atoms with Gasteiger partial charge in [-0.05, 0) is 36.3 Å². The van der Waals surface area contributed by atoms with Crippen LogP contribution in [0.1, 0.15) is 60.3 Å². The van der Waals surface area contributed by atoms with Gasteiger partial charge in [0.2, 0.25) is 0 Å². The van der Waals surface area contributed by atoms with Crippen LogP contribution in [0, 0.1) is 0 Å². The Morgan fingerprint density at radius 3 is 2.69 bits per heavy atom. The molecule has 1 aliphatic rings. The molecule has 1 aromatic rings. The second-order valence-electron chi connectivity index (χ2n) is 4.75. The minimum absolute atomic E-state index is 0.437. The Labute approximate surface area is 96.2 Å². The number of aldehydes is 1. The maximum Gasteiger partial charge on any atom is 0.166 e. The zero-order valence-corrected chi connectivity index (χ0v) is 9.95. The number of carbonyl (C=O) groups is 1. The number of hydrogen-bond acceptors (Lipinski definition) is 2.